The van der Waals surface area contributed by atoms with Crippen molar-refractivity contribution in [2.45, 2.75) is 26.7 Å². The normalized spacial score (nSPS) is 12.9. The second-order valence-corrected chi connectivity index (χ2v) is 6.07. The molecule has 21 heavy (non-hydrogen) atoms. The molecule has 0 aliphatic heterocycles. The number of allylic oxidation sites excluding steroid dienone is 2. The topological polar surface area (TPSA) is 29.1 Å². The first kappa shape index (κ1) is 17.8. The number of hydrogen-bond acceptors (Lipinski definition) is 1. The number of aryl methyl sites for hydroxylation is 1. The van der Waals surface area contributed by atoms with E-state index in [-0.39, 0.29) is 11.8 Å². The average molecular weight is 326 g/mol. The molecule has 0 radical (unpaired) electrons. The number of hydrogen-bond donors (Lipinski definition) is 1. The van der Waals surface area contributed by atoms with E-state index in [2.05, 4.69) is 11.9 Å². The number of carbonyl (C=O) groups is 1. The Morgan fingerprint density at radius 2 is 1.86 bits per heavy atom. The SMILES string of the molecule is C=C(C)C(/C=C(\C)C(=O)NC)CCc1cc(Cl)cc(Cl)c1. The largest absolute Gasteiger partial charge is 0.355 e. The molecule has 0 aliphatic rings. The quantitative estimate of drug-likeness (QED) is 0.590. The third-order valence-corrected chi connectivity index (χ3v) is 3.77. The Kier molecular flexibility index (Phi) is 7.00. The fourth-order valence-corrected chi connectivity index (χ4v) is 2.70. The average Bonchev–Trinajstić information content (AvgIpc) is 2.40. The van der Waals surface area contributed by atoms with Gasteiger partial charge in [0.15, 0.2) is 0 Å². The van der Waals surface area contributed by atoms with Crippen LogP contribution in [0, 0.1) is 5.92 Å². The fraction of sp³-hybridized carbons (Fsp3) is 0.353. The molecule has 1 N–H and O–H groups in total. The molecule has 0 fully saturated rings. The van der Waals surface area contributed by atoms with Crippen molar-refractivity contribution in [2.24, 2.45) is 5.92 Å². The molecule has 1 atom stereocenters. The van der Waals surface area contributed by atoms with Crippen molar-refractivity contribution in [2.75, 3.05) is 7.05 Å². The molecule has 4 heteroatoms. The van der Waals surface area contributed by atoms with Crippen LogP contribution in [0.25, 0.3) is 0 Å². The highest BCUT2D eigenvalue weighted by Gasteiger charge is 2.10. The van der Waals surface area contributed by atoms with Gasteiger partial charge in [0.25, 0.3) is 0 Å². The maximum absolute atomic E-state index is 11.6. The number of halogens is 2. The number of rotatable bonds is 6. The van der Waals surface area contributed by atoms with Crippen molar-refractivity contribution < 1.29 is 4.79 Å². The molecular formula is C17H21Cl2NO. The number of carbonyl (C=O) groups excluding carboxylic acids is 1. The number of benzene rings is 1. The van der Waals surface area contributed by atoms with Crippen molar-refractivity contribution >= 4 is 29.1 Å². The Bertz CT molecular complexity index is 544. The molecule has 1 amide bonds. The van der Waals surface area contributed by atoms with Gasteiger partial charge in [-0.2, -0.15) is 0 Å². The monoisotopic (exact) mass is 325 g/mol. The molecule has 0 bridgehead atoms. The molecule has 0 spiro atoms. The van der Waals surface area contributed by atoms with Gasteiger partial charge in [0, 0.05) is 22.7 Å². The van der Waals surface area contributed by atoms with Crippen LogP contribution in [0.1, 0.15) is 25.8 Å². The molecule has 1 rings (SSSR count). The highest BCUT2D eigenvalue weighted by Crippen LogP contribution is 2.24. The number of amides is 1. The maximum Gasteiger partial charge on any atom is 0.246 e. The summed E-state index contributed by atoms with van der Waals surface area (Å²) in [5.41, 5.74) is 2.82. The summed E-state index contributed by atoms with van der Waals surface area (Å²) in [4.78, 5) is 11.6. The van der Waals surface area contributed by atoms with E-state index in [1.807, 2.05) is 32.1 Å². The third kappa shape index (κ3) is 5.94. The lowest BCUT2D eigenvalue weighted by Crippen LogP contribution is -2.19. The van der Waals surface area contributed by atoms with Gasteiger partial charge < -0.3 is 5.32 Å². The summed E-state index contributed by atoms with van der Waals surface area (Å²) in [5.74, 6) is 0.0899. The van der Waals surface area contributed by atoms with E-state index in [0.29, 0.717) is 15.6 Å². The predicted molar refractivity (Wildman–Crippen MR) is 90.9 cm³/mol. The zero-order chi connectivity index (χ0) is 16.0. The van der Waals surface area contributed by atoms with E-state index in [1.54, 1.807) is 13.1 Å². The summed E-state index contributed by atoms with van der Waals surface area (Å²) in [6.45, 7) is 7.80. The smallest absolute Gasteiger partial charge is 0.246 e. The van der Waals surface area contributed by atoms with Gasteiger partial charge >= 0.3 is 0 Å². The predicted octanol–water partition coefficient (Wildman–Crippen LogP) is 4.81. The second-order valence-electron chi connectivity index (χ2n) is 5.20. The lowest BCUT2D eigenvalue weighted by Gasteiger charge is -2.14. The van der Waals surface area contributed by atoms with Gasteiger partial charge in [0.1, 0.15) is 0 Å². The number of likely N-dealkylation sites (N-methyl/N-ethyl adjacent to an activating group) is 1. The van der Waals surface area contributed by atoms with Crippen LogP contribution in [0.15, 0.2) is 42.0 Å². The highest BCUT2D eigenvalue weighted by atomic mass is 35.5. The van der Waals surface area contributed by atoms with Crippen molar-refractivity contribution in [3.63, 3.8) is 0 Å². The minimum Gasteiger partial charge on any atom is -0.355 e. The first-order valence-corrected chi connectivity index (χ1v) is 7.60. The standard InChI is InChI=1S/C17H21Cl2NO/c1-11(2)14(7-12(3)17(21)20-4)6-5-13-8-15(18)10-16(19)9-13/h7-10,14H,1,5-6H2,2-4H3,(H,20,21)/b12-7+. The van der Waals surface area contributed by atoms with Gasteiger partial charge in [0.05, 0.1) is 0 Å². The molecule has 0 aliphatic carbocycles. The maximum atomic E-state index is 11.6. The molecule has 0 heterocycles. The van der Waals surface area contributed by atoms with Crippen molar-refractivity contribution in [3.8, 4) is 0 Å². The second kappa shape index (κ2) is 8.26. The lowest BCUT2D eigenvalue weighted by molar-refractivity contribution is -0.117. The van der Waals surface area contributed by atoms with Gasteiger partial charge in [-0.15, -0.1) is 0 Å². The van der Waals surface area contributed by atoms with E-state index < -0.39 is 0 Å². The van der Waals surface area contributed by atoms with Gasteiger partial charge in [-0.05, 0) is 56.4 Å². The molecule has 0 saturated heterocycles. The lowest BCUT2D eigenvalue weighted by atomic mass is 9.92. The zero-order valence-electron chi connectivity index (χ0n) is 12.7. The van der Waals surface area contributed by atoms with Gasteiger partial charge in [0.2, 0.25) is 5.91 Å². The van der Waals surface area contributed by atoms with E-state index in [9.17, 15) is 4.79 Å². The van der Waals surface area contributed by atoms with Crippen LogP contribution in [0.5, 0.6) is 0 Å². The molecular weight excluding hydrogens is 305 g/mol. The highest BCUT2D eigenvalue weighted by molar-refractivity contribution is 6.34. The van der Waals surface area contributed by atoms with E-state index in [1.165, 1.54) is 0 Å². The Balaban J connectivity index is 2.80. The summed E-state index contributed by atoms with van der Waals surface area (Å²) in [6.07, 6.45) is 3.66. The summed E-state index contributed by atoms with van der Waals surface area (Å²) in [6, 6.07) is 5.55. The van der Waals surface area contributed by atoms with Gasteiger partial charge in [-0.1, -0.05) is 41.4 Å². The van der Waals surface area contributed by atoms with E-state index in [4.69, 9.17) is 23.2 Å². The molecule has 1 aromatic carbocycles. The Morgan fingerprint density at radius 3 is 2.33 bits per heavy atom. The number of nitrogens with one attached hydrogen (secondary N) is 1. The van der Waals surface area contributed by atoms with Crippen LogP contribution < -0.4 is 5.32 Å². The first-order valence-electron chi connectivity index (χ1n) is 6.84. The summed E-state index contributed by atoms with van der Waals surface area (Å²) in [5, 5.41) is 3.91. The van der Waals surface area contributed by atoms with Crippen molar-refractivity contribution in [1.29, 1.82) is 0 Å². The Labute approximate surface area is 136 Å². The molecule has 1 aromatic rings. The fourth-order valence-electron chi connectivity index (χ4n) is 2.12. The molecule has 0 aromatic heterocycles. The van der Waals surface area contributed by atoms with Crippen LogP contribution in [-0.4, -0.2) is 13.0 Å². The van der Waals surface area contributed by atoms with Crippen molar-refractivity contribution in [3.05, 3.63) is 57.6 Å². The first-order chi connectivity index (χ1) is 9.83. The molecule has 2 nitrogen and oxygen atoms in total. The van der Waals surface area contributed by atoms with Crippen LogP contribution in [0.2, 0.25) is 10.0 Å². The van der Waals surface area contributed by atoms with Crippen molar-refractivity contribution in [1.82, 2.24) is 5.32 Å². The van der Waals surface area contributed by atoms with Gasteiger partial charge in [-0.3, -0.25) is 4.79 Å². The Morgan fingerprint density at radius 1 is 1.29 bits per heavy atom. The summed E-state index contributed by atoms with van der Waals surface area (Å²) < 4.78 is 0. The third-order valence-electron chi connectivity index (χ3n) is 3.34. The minimum absolute atomic E-state index is 0.0629. The van der Waals surface area contributed by atoms with Crippen LogP contribution in [0.3, 0.4) is 0 Å². The van der Waals surface area contributed by atoms with E-state index >= 15 is 0 Å². The van der Waals surface area contributed by atoms with E-state index in [0.717, 1.165) is 24.0 Å². The molecule has 1 unspecified atom stereocenters. The zero-order valence-corrected chi connectivity index (χ0v) is 14.2. The van der Waals surface area contributed by atoms with Crippen LogP contribution >= 0.6 is 23.2 Å². The molecule has 0 saturated carbocycles. The van der Waals surface area contributed by atoms with Gasteiger partial charge in [-0.25, -0.2) is 0 Å². The summed E-state index contributed by atoms with van der Waals surface area (Å²) >= 11 is 12.0. The van der Waals surface area contributed by atoms with Crippen LogP contribution in [0.4, 0.5) is 0 Å². The minimum atomic E-state index is -0.0629. The Hall–Kier alpha value is -1.25. The molecule has 114 valence electrons. The van der Waals surface area contributed by atoms with Crippen LogP contribution in [-0.2, 0) is 11.2 Å². The summed E-state index contributed by atoms with van der Waals surface area (Å²) in [7, 11) is 1.63.